The summed E-state index contributed by atoms with van der Waals surface area (Å²) in [7, 11) is 0. The number of amides is 1. The van der Waals surface area contributed by atoms with Crippen molar-refractivity contribution in [1.29, 1.82) is 0 Å². The van der Waals surface area contributed by atoms with Crippen LogP contribution in [-0.4, -0.2) is 42.8 Å². The van der Waals surface area contributed by atoms with Crippen LogP contribution in [0.4, 0.5) is 0 Å². The number of primary amides is 1. The van der Waals surface area contributed by atoms with Crippen molar-refractivity contribution >= 4 is 39.7 Å². The zero-order chi connectivity index (χ0) is 9.19. The number of hydrogen-bond donors (Lipinski definition) is 1. The molecule has 1 heterocycles. The zero-order valence-corrected chi connectivity index (χ0v) is 10.5. The number of carbonyl (C=O) groups excluding carboxylic acids is 2. The maximum absolute atomic E-state index is 11.0. The Balaban J connectivity index is 2.88. The molecule has 0 fully saturated rings. The summed E-state index contributed by atoms with van der Waals surface area (Å²) in [5.74, 6) is -0.494. The van der Waals surface area contributed by atoms with Gasteiger partial charge in [0.1, 0.15) is 0 Å². The quantitative estimate of drug-likeness (QED) is 0.661. The Morgan fingerprint density at radius 2 is 2.25 bits per heavy atom. The first-order valence-corrected chi connectivity index (χ1v) is 7.27. The second-order valence-electron chi connectivity index (χ2n) is 2.45. The number of allylic oxidation sites excluding steroid dienone is 1. The van der Waals surface area contributed by atoms with Crippen molar-refractivity contribution in [3.63, 3.8) is 0 Å². The second-order valence-corrected chi connectivity index (χ2v) is 9.12. The van der Waals surface area contributed by atoms with Gasteiger partial charge in [-0.2, -0.15) is 0 Å². The molecule has 1 amide bonds. The first-order chi connectivity index (χ1) is 5.57. The second kappa shape index (κ2) is 3.46. The summed E-state index contributed by atoms with van der Waals surface area (Å²) in [4.78, 5) is 25.9. The molecule has 1 unspecified atom stereocenters. The van der Waals surface area contributed by atoms with E-state index in [1.54, 1.807) is 12.2 Å². The summed E-state index contributed by atoms with van der Waals surface area (Å²) >= 11 is -1.74. The fourth-order valence-corrected chi connectivity index (χ4v) is 4.74. The molecule has 0 spiro atoms. The normalized spacial score (nSPS) is 26.1. The number of rotatable bonds is 3. The van der Waals surface area contributed by atoms with Crippen molar-refractivity contribution in [3.8, 4) is 0 Å². The Morgan fingerprint density at radius 3 is 2.58 bits per heavy atom. The summed E-state index contributed by atoms with van der Waals surface area (Å²) in [5.41, 5.74) is 5.17. The molecule has 0 aromatic heterocycles. The van der Waals surface area contributed by atoms with Crippen LogP contribution in [0.15, 0.2) is 17.1 Å². The molecule has 1 rings (SSSR count). The van der Waals surface area contributed by atoms with Crippen LogP contribution >= 0.6 is 0 Å². The van der Waals surface area contributed by atoms with Gasteiger partial charge >= 0.3 is 82.2 Å². The van der Waals surface area contributed by atoms with Gasteiger partial charge in [0.05, 0.1) is 0 Å². The van der Waals surface area contributed by atoms with E-state index in [4.69, 9.17) is 5.73 Å². The van der Waals surface area contributed by atoms with Crippen molar-refractivity contribution in [3.05, 3.63) is 12.2 Å². The average molecular weight is 359 g/mol. The van der Waals surface area contributed by atoms with Gasteiger partial charge in [-0.15, -0.1) is 0 Å². The number of nitrogens with two attached hydrogens (primary N) is 1. The van der Waals surface area contributed by atoms with E-state index in [1.807, 2.05) is 0 Å². The molecule has 2 N–H and O–H groups in total. The topological polar surface area (TPSA) is 72.5 Å². The molecule has 0 aromatic carbocycles. The summed E-state index contributed by atoms with van der Waals surface area (Å²) in [5, 5.41) is 0. The summed E-state index contributed by atoms with van der Waals surface area (Å²) in [6, 6.07) is 0. The van der Waals surface area contributed by atoms with Gasteiger partial charge in [-0.1, -0.05) is 0 Å². The van der Waals surface area contributed by atoms with E-state index in [2.05, 4.69) is 4.99 Å². The molecule has 1 aliphatic rings. The van der Waals surface area contributed by atoms with E-state index < -0.39 is 33.2 Å². The number of aliphatic imine (C=N–C) groups is 1. The molecule has 62 valence electrons. The van der Waals surface area contributed by atoms with Crippen LogP contribution in [0.25, 0.3) is 0 Å². The Bertz CT molecular complexity index is 271. The average Bonchev–Trinajstić information content (AvgIpc) is 2.35. The third kappa shape index (κ3) is 1.79. The van der Waals surface area contributed by atoms with Crippen LogP contribution < -0.4 is 5.73 Å². The molecule has 0 bridgehead atoms. The standard InChI is InChI=1S/C5H5N2O.C2H3O.Pb/c6-5(8)4-2-1-3-7-4;1-2-3;/h1-3H,(H2,6,8);1H3;. The van der Waals surface area contributed by atoms with E-state index >= 15 is 0 Å². The molecule has 0 saturated carbocycles. The van der Waals surface area contributed by atoms with Gasteiger partial charge in [-0.3, -0.25) is 0 Å². The molecule has 0 aliphatic carbocycles. The van der Waals surface area contributed by atoms with Crippen molar-refractivity contribution < 1.29 is 9.59 Å². The van der Waals surface area contributed by atoms with Crippen LogP contribution in [0, 0.1) is 0 Å². The van der Waals surface area contributed by atoms with Crippen LogP contribution in [0.2, 0.25) is 0 Å². The molecule has 12 heavy (non-hydrogen) atoms. The minimum absolute atomic E-state index is 0.0949. The predicted octanol–water partition coefficient (Wildman–Crippen LogP) is -0.941. The fraction of sp³-hybridized carbons (Fsp3) is 0.286. The summed E-state index contributed by atoms with van der Waals surface area (Å²) in [6.45, 7) is 1.50. The molecule has 1 aliphatic heterocycles. The van der Waals surface area contributed by atoms with Gasteiger partial charge in [-0.05, 0) is 0 Å². The van der Waals surface area contributed by atoms with Crippen LogP contribution in [0.3, 0.4) is 0 Å². The van der Waals surface area contributed by atoms with E-state index in [0.717, 1.165) is 0 Å². The van der Waals surface area contributed by atoms with Gasteiger partial charge < -0.3 is 0 Å². The van der Waals surface area contributed by atoms with E-state index in [9.17, 15) is 9.59 Å². The third-order valence-electron chi connectivity index (χ3n) is 1.44. The monoisotopic (exact) mass is 360 g/mol. The predicted molar refractivity (Wildman–Crippen MR) is 46.0 cm³/mol. The molecule has 1 atom stereocenters. The Morgan fingerprint density at radius 1 is 1.58 bits per heavy atom. The Labute approximate surface area is 82.1 Å². The molecular weight excluding hydrogens is 351 g/mol. The van der Waals surface area contributed by atoms with Crippen molar-refractivity contribution in [1.82, 2.24) is 0 Å². The first kappa shape index (κ1) is 9.56. The molecule has 4 nitrogen and oxygen atoms in total. The fourth-order valence-electron chi connectivity index (χ4n) is 0.936. The van der Waals surface area contributed by atoms with Gasteiger partial charge in [0.2, 0.25) is 0 Å². The van der Waals surface area contributed by atoms with E-state index in [1.165, 1.54) is 13.1 Å². The number of carbonyl (C=O) groups is 2. The zero-order valence-electron chi connectivity index (χ0n) is 6.57. The van der Waals surface area contributed by atoms with Gasteiger partial charge in [-0.25, -0.2) is 0 Å². The summed E-state index contributed by atoms with van der Waals surface area (Å²) in [6.07, 6.45) is 4.83. The minimum atomic E-state index is -1.74. The van der Waals surface area contributed by atoms with E-state index in [0.29, 0.717) is 0 Å². The van der Waals surface area contributed by atoms with Gasteiger partial charge in [0, 0.05) is 0 Å². The van der Waals surface area contributed by atoms with Crippen LogP contribution in [-0.2, 0) is 9.59 Å². The molecule has 0 aromatic rings. The summed E-state index contributed by atoms with van der Waals surface area (Å²) < 4.78 is -0.816. The molecule has 0 saturated heterocycles. The van der Waals surface area contributed by atoms with Crippen LogP contribution in [0.1, 0.15) is 6.92 Å². The molecule has 5 heteroatoms. The number of hydrogen-bond acceptors (Lipinski definition) is 3. The van der Waals surface area contributed by atoms with Gasteiger partial charge in [0.15, 0.2) is 0 Å². The molecular formula is C7H8N2O2Pb. The Hall–Kier alpha value is -0.528. The van der Waals surface area contributed by atoms with Crippen molar-refractivity contribution in [2.75, 3.05) is 0 Å². The SMILES string of the molecule is C[C](=O)[Pb][C]1(C(N)=O)C=CC=N1. The van der Waals surface area contributed by atoms with E-state index in [-0.39, 0.29) is 3.34 Å². The van der Waals surface area contributed by atoms with Crippen molar-refractivity contribution in [2.45, 2.75) is 10.0 Å². The first-order valence-electron chi connectivity index (χ1n) is 3.38. The number of nitrogens with zero attached hydrogens (tertiary/aromatic N) is 1. The van der Waals surface area contributed by atoms with Gasteiger partial charge in [0.25, 0.3) is 0 Å². The van der Waals surface area contributed by atoms with Crippen molar-refractivity contribution in [2.24, 2.45) is 10.7 Å². The Kier molecular flexibility index (Phi) is 2.76. The van der Waals surface area contributed by atoms with Crippen LogP contribution in [0.5, 0.6) is 0 Å². The third-order valence-corrected chi connectivity index (χ3v) is 6.40. The molecule has 2 radical (unpaired) electrons. The maximum atomic E-state index is 11.0.